The van der Waals surface area contributed by atoms with E-state index in [1.165, 1.54) is 0 Å². The zero-order valence-corrected chi connectivity index (χ0v) is 15.7. The van der Waals surface area contributed by atoms with Crippen LogP contribution in [0.5, 0.6) is 5.75 Å². The first kappa shape index (κ1) is 17.0. The molecule has 0 saturated carbocycles. The quantitative estimate of drug-likeness (QED) is 0.834. The lowest BCUT2D eigenvalue weighted by atomic mass is 10.0. The first-order valence-corrected chi connectivity index (χ1v) is 9.66. The van der Waals surface area contributed by atoms with Gasteiger partial charge in [-0.1, -0.05) is 33.6 Å². The summed E-state index contributed by atoms with van der Waals surface area (Å²) in [5.41, 5.74) is 2.21. The van der Waals surface area contributed by atoms with E-state index in [9.17, 15) is 13.5 Å². The summed E-state index contributed by atoms with van der Waals surface area (Å²) in [5, 5.41) is 14.4. The number of hydrazone groups is 1. The largest absolute Gasteiger partial charge is 0.508 e. The average molecular weight is 409 g/mol. The summed E-state index contributed by atoms with van der Waals surface area (Å²) < 4.78 is 27.9. The molecule has 1 aliphatic rings. The van der Waals surface area contributed by atoms with Gasteiger partial charge < -0.3 is 5.11 Å². The smallest absolute Gasteiger partial charge is 0.279 e. The highest BCUT2D eigenvalue weighted by Gasteiger charge is 2.37. The number of rotatable bonds is 3. The third-order valence-electron chi connectivity index (χ3n) is 3.94. The zero-order chi connectivity index (χ0) is 17.5. The van der Waals surface area contributed by atoms with Gasteiger partial charge in [-0.2, -0.15) is 17.9 Å². The Labute approximate surface area is 149 Å². The number of phenolic OH excluding ortho intramolecular Hbond substituents is 1. The molecule has 126 valence electrons. The number of aromatic hydroxyl groups is 1. The molecule has 1 heterocycles. The van der Waals surface area contributed by atoms with Gasteiger partial charge in [0.2, 0.25) is 0 Å². The molecular formula is C17H17BrN2O3S. The predicted molar refractivity (Wildman–Crippen MR) is 96.5 cm³/mol. The van der Waals surface area contributed by atoms with Gasteiger partial charge in [0, 0.05) is 22.2 Å². The molecule has 0 radical (unpaired) electrons. The number of halogens is 1. The van der Waals surface area contributed by atoms with Gasteiger partial charge in [-0.15, -0.1) is 0 Å². The van der Waals surface area contributed by atoms with Crippen LogP contribution in [0, 0.1) is 6.92 Å². The van der Waals surface area contributed by atoms with Gasteiger partial charge in [0.1, 0.15) is 5.75 Å². The Kier molecular flexibility index (Phi) is 4.40. The molecule has 1 atom stereocenters. The second-order valence-corrected chi connectivity index (χ2v) is 8.56. The molecule has 0 saturated heterocycles. The van der Waals surface area contributed by atoms with E-state index in [2.05, 4.69) is 21.0 Å². The lowest BCUT2D eigenvalue weighted by Gasteiger charge is -2.24. The Balaban J connectivity index is 2.07. The van der Waals surface area contributed by atoms with E-state index in [0.29, 0.717) is 17.7 Å². The van der Waals surface area contributed by atoms with E-state index in [1.807, 2.05) is 6.92 Å². The lowest BCUT2D eigenvalue weighted by Crippen LogP contribution is -2.27. The van der Waals surface area contributed by atoms with Gasteiger partial charge in [-0.3, -0.25) is 0 Å². The maximum Gasteiger partial charge on any atom is 0.279 e. The van der Waals surface area contributed by atoms with Crippen LogP contribution in [0.1, 0.15) is 30.5 Å². The molecule has 7 heteroatoms. The number of nitrogens with zero attached hydrogens (tertiary/aromatic N) is 2. The lowest BCUT2D eigenvalue weighted by molar-refractivity contribution is 0.358. The topological polar surface area (TPSA) is 70.0 Å². The summed E-state index contributed by atoms with van der Waals surface area (Å²) in [6.45, 7) is 3.68. The third kappa shape index (κ3) is 3.06. The number of phenols is 1. The van der Waals surface area contributed by atoms with E-state index in [1.54, 1.807) is 49.4 Å². The molecule has 2 aromatic carbocycles. The predicted octanol–water partition coefficient (Wildman–Crippen LogP) is 3.97. The molecule has 5 nitrogen and oxygen atoms in total. The minimum atomic E-state index is -3.80. The molecule has 0 amide bonds. The normalized spacial score (nSPS) is 17.9. The van der Waals surface area contributed by atoms with Gasteiger partial charge in [-0.05, 0) is 44.2 Å². The third-order valence-corrected chi connectivity index (χ3v) is 6.13. The van der Waals surface area contributed by atoms with E-state index >= 15 is 0 Å². The van der Waals surface area contributed by atoms with Crippen LogP contribution in [0.15, 0.2) is 56.9 Å². The van der Waals surface area contributed by atoms with Gasteiger partial charge in [0.05, 0.1) is 10.9 Å². The molecule has 0 bridgehead atoms. The Bertz CT molecular complexity index is 908. The molecule has 1 unspecified atom stereocenters. The maximum absolute atomic E-state index is 13.0. The van der Waals surface area contributed by atoms with Gasteiger partial charge in [0.15, 0.2) is 0 Å². The van der Waals surface area contributed by atoms with E-state index < -0.39 is 16.1 Å². The molecule has 3 rings (SSSR count). The molecule has 0 spiro atoms. The molecule has 0 fully saturated rings. The Morgan fingerprint density at radius 1 is 1.17 bits per heavy atom. The van der Waals surface area contributed by atoms with Gasteiger partial charge >= 0.3 is 0 Å². The summed E-state index contributed by atoms with van der Waals surface area (Å²) in [6, 6.07) is 11.1. The van der Waals surface area contributed by atoms with Crippen LogP contribution >= 0.6 is 15.9 Å². The van der Waals surface area contributed by atoms with Crippen molar-refractivity contribution in [2.75, 3.05) is 0 Å². The Hall–Kier alpha value is -1.86. The molecule has 0 aromatic heterocycles. The van der Waals surface area contributed by atoms with Crippen LogP contribution in [0.25, 0.3) is 0 Å². The second-order valence-electron chi connectivity index (χ2n) is 5.85. The number of sulfonamides is 1. The fourth-order valence-electron chi connectivity index (χ4n) is 2.70. The molecule has 1 N–H and O–H groups in total. The second kappa shape index (κ2) is 6.22. The monoisotopic (exact) mass is 408 g/mol. The number of hydrogen-bond acceptors (Lipinski definition) is 4. The molecule has 0 aliphatic carbocycles. The highest BCUT2D eigenvalue weighted by atomic mass is 79.9. The number of benzene rings is 2. The molecule has 1 aliphatic heterocycles. The van der Waals surface area contributed by atoms with Crippen molar-refractivity contribution in [3.63, 3.8) is 0 Å². The van der Waals surface area contributed by atoms with Crippen molar-refractivity contribution in [3.8, 4) is 5.75 Å². The van der Waals surface area contributed by atoms with E-state index in [-0.39, 0.29) is 10.6 Å². The first-order chi connectivity index (χ1) is 11.3. The fourth-order valence-corrected chi connectivity index (χ4v) is 4.54. The van der Waals surface area contributed by atoms with Crippen molar-refractivity contribution >= 4 is 31.7 Å². The van der Waals surface area contributed by atoms with Crippen LogP contribution in [0.4, 0.5) is 0 Å². The highest BCUT2D eigenvalue weighted by Crippen LogP contribution is 2.40. The van der Waals surface area contributed by atoms with Crippen molar-refractivity contribution in [3.05, 3.63) is 58.1 Å². The minimum absolute atomic E-state index is 0.0530. The average Bonchev–Trinajstić information content (AvgIpc) is 2.93. The Morgan fingerprint density at radius 2 is 1.83 bits per heavy atom. The van der Waals surface area contributed by atoms with Crippen molar-refractivity contribution in [1.82, 2.24) is 4.41 Å². The zero-order valence-electron chi connectivity index (χ0n) is 13.3. The SMILES string of the molecule is CC1=NN(S(=O)(=O)c2ccc(C)cc2)C(c2cc(Br)ccc2O)C1. The number of aryl methyl sites for hydroxylation is 1. The molecule has 24 heavy (non-hydrogen) atoms. The molecular weight excluding hydrogens is 392 g/mol. The first-order valence-electron chi connectivity index (χ1n) is 7.42. The standard InChI is InChI=1S/C17H17BrN2O3S/c1-11-3-6-14(7-4-11)24(22,23)20-16(9-12(2)19-20)15-10-13(18)5-8-17(15)21/h3-8,10,16,21H,9H2,1-2H3. The van der Waals surface area contributed by atoms with Crippen LogP contribution < -0.4 is 0 Å². The van der Waals surface area contributed by atoms with Crippen LogP contribution in [0.3, 0.4) is 0 Å². The van der Waals surface area contributed by atoms with Crippen molar-refractivity contribution in [2.45, 2.75) is 31.2 Å². The summed E-state index contributed by atoms with van der Waals surface area (Å²) in [6.07, 6.45) is 0.440. The van der Waals surface area contributed by atoms with Crippen LogP contribution in [-0.4, -0.2) is 23.7 Å². The van der Waals surface area contributed by atoms with Gasteiger partial charge in [-0.25, -0.2) is 0 Å². The summed E-state index contributed by atoms with van der Waals surface area (Å²) in [4.78, 5) is 0.186. The van der Waals surface area contributed by atoms with E-state index in [0.717, 1.165) is 14.5 Å². The van der Waals surface area contributed by atoms with Crippen molar-refractivity contribution in [1.29, 1.82) is 0 Å². The van der Waals surface area contributed by atoms with Gasteiger partial charge in [0.25, 0.3) is 10.0 Å². The summed E-state index contributed by atoms with van der Waals surface area (Å²) >= 11 is 3.37. The fraction of sp³-hybridized carbons (Fsp3) is 0.235. The van der Waals surface area contributed by atoms with Crippen LogP contribution in [0.2, 0.25) is 0 Å². The van der Waals surface area contributed by atoms with Crippen LogP contribution in [-0.2, 0) is 10.0 Å². The summed E-state index contributed by atoms with van der Waals surface area (Å²) in [5.74, 6) is 0.0530. The Morgan fingerprint density at radius 3 is 2.50 bits per heavy atom. The maximum atomic E-state index is 13.0. The highest BCUT2D eigenvalue weighted by molar-refractivity contribution is 9.10. The minimum Gasteiger partial charge on any atom is -0.508 e. The van der Waals surface area contributed by atoms with Crippen molar-refractivity contribution < 1.29 is 13.5 Å². The molecule has 2 aromatic rings. The summed E-state index contributed by atoms with van der Waals surface area (Å²) in [7, 11) is -3.80. The van der Waals surface area contributed by atoms with Crippen molar-refractivity contribution in [2.24, 2.45) is 5.10 Å². The number of hydrogen-bond donors (Lipinski definition) is 1. The van der Waals surface area contributed by atoms with E-state index in [4.69, 9.17) is 0 Å².